The second-order valence-corrected chi connectivity index (χ2v) is 6.64. The van der Waals surface area contributed by atoms with E-state index in [9.17, 15) is 5.26 Å². The summed E-state index contributed by atoms with van der Waals surface area (Å²) in [5.41, 5.74) is 0.0506. The van der Waals surface area contributed by atoms with Gasteiger partial charge in [-0.25, -0.2) is 0 Å². The fourth-order valence-corrected chi connectivity index (χ4v) is 3.59. The number of hydrogen-bond acceptors (Lipinski definition) is 1. The van der Waals surface area contributed by atoms with Crippen molar-refractivity contribution in [3.05, 3.63) is 0 Å². The van der Waals surface area contributed by atoms with E-state index < -0.39 is 0 Å². The van der Waals surface area contributed by atoms with Crippen LogP contribution in [-0.2, 0) is 0 Å². The Kier molecular flexibility index (Phi) is 8.19. The normalized spacial score (nSPS) is 27.1. The Morgan fingerprint density at radius 1 is 0.947 bits per heavy atom. The third-order valence-electron chi connectivity index (χ3n) is 5.01. The molecule has 0 unspecified atom stereocenters. The molecule has 1 saturated carbocycles. The van der Waals surface area contributed by atoms with E-state index in [0.29, 0.717) is 0 Å². The molecule has 1 heteroatoms. The van der Waals surface area contributed by atoms with Crippen molar-refractivity contribution in [2.75, 3.05) is 0 Å². The summed E-state index contributed by atoms with van der Waals surface area (Å²) >= 11 is 0. The summed E-state index contributed by atoms with van der Waals surface area (Å²) in [6.45, 7) is 4.54. The van der Waals surface area contributed by atoms with Crippen molar-refractivity contribution in [2.45, 2.75) is 97.3 Å². The van der Waals surface area contributed by atoms with Crippen LogP contribution in [0.25, 0.3) is 0 Å². The van der Waals surface area contributed by atoms with E-state index in [1.54, 1.807) is 0 Å². The molecule has 0 radical (unpaired) electrons. The van der Waals surface area contributed by atoms with Crippen LogP contribution in [0, 0.1) is 22.7 Å². The number of rotatable bonds is 9. The first-order valence-electron chi connectivity index (χ1n) is 8.67. The van der Waals surface area contributed by atoms with Gasteiger partial charge in [0.1, 0.15) is 0 Å². The predicted molar refractivity (Wildman–Crippen MR) is 82.9 cm³/mol. The Hall–Kier alpha value is -0.510. The predicted octanol–water partition coefficient (Wildman–Crippen LogP) is 6.24. The SMILES string of the molecule is CCCCCCCCC1(C#N)CCC(CCC)CC1. The molecule has 0 aromatic rings. The Balaban J connectivity index is 2.20. The fraction of sp³-hybridized carbons (Fsp3) is 0.944. The van der Waals surface area contributed by atoms with Gasteiger partial charge in [-0.3, -0.25) is 0 Å². The number of nitriles is 1. The molecular formula is C18H33N. The molecule has 0 spiro atoms. The van der Waals surface area contributed by atoms with Crippen LogP contribution in [0.1, 0.15) is 97.3 Å². The van der Waals surface area contributed by atoms with E-state index in [1.807, 2.05) is 0 Å². The molecule has 0 N–H and O–H groups in total. The van der Waals surface area contributed by atoms with Crippen LogP contribution < -0.4 is 0 Å². The standard InChI is InChI=1S/C18H33N/c1-3-5-6-7-8-9-13-18(16-19)14-11-17(10-4-2)12-15-18/h17H,3-15H2,1-2H3. The molecule has 0 bridgehead atoms. The maximum atomic E-state index is 9.55. The zero-order chi connectivity index (χ0) is 14.0. The summed E-state index contributed by atoms with van der Waals surface area (Å²) in [7, 11) is 0. The molecule has 0 atom stereocenters. The van der Waals surface area contributed by atoms with Gasteiger partial charge in [0.25, 0.3) is 0 Å². The highest BCUT2D eigenvalue weighted by molar-refractivity contribution is 5.01. The van der Waals surface area contributed by atoms with E-state index >= 15 is 0 Å². The van der Waals surface area contributed by atoms with E-state index in [4.69, 9.17) is 0 Å². The zero-order valence-electron chi connectivity index (χ0n) is 13.2. The van der Waals surface area contributed by atoms with E-state index in [0.717, 1.165) is 12.3 Å². The highest BCUT2D eigenvalue weighted by atomic mass is 14.4. The molecule has 0 aliphatic heterocycles. The molecule has 0 aromatic carbocycles. The molecule has 1 aliphatic rings. The molecule has 1 nitrogen and oxygen atoms in total. The largest absolute Gasteiger partial charge is 0.198 e. The molecular weight excluding hydrogens is 230 g/mol. The third-order valence-corrected chi connectivity index (χ3v) is 5.01. The highest BCUT2D eigenvalue weighted by Crippen LogP contribution is 2.43. The lowest BCUT2D eigenvalue weighted by Crippen LogP contribution is -2.26. The van der Waals surface area contributed by atoms with Gasteiger partial charge < -0.3 is 0 Å². The summed E-state index contributed by atoms with van der Waals surface area (Å²) in [5, 5.41) is 9.55. The topological polar surface area (TPSA) is 23.8 Å². The van der Waals surface area contributed by atoms with Gasteiger partial charge in [-0.05, 0) is 38.0 Å². The molecule has 0 amide bonds. The lowest BCUT2D eigenvalue weighted by atomic mass is 9.68. The average molecular weight is 263 g/mol. The smallest absolute Gasteiger partial charge is 0.0689 e. The molecule has 110 valence electrons. The van der Waals surface area contributed by atoms with Crippen molar-refractivity contribution in [1.29, 1.82) is 5.26 Å². The molecule has 0 heterocycles. The molecule has 1 aliphatic carbocycles. The Morgan fingerprint density at radius 3 is 2.16 bits per heavy atom. The van der Waals surface area contributed by atoms with Gasteiger partial charge in [-0.1, -0.05) is 65.2 Å². The van der Waals surface area contributed by atoms with Crippen molar-refractivity contribution in [1.82, 2.24) is 0 Å². The van der Waals surface area contributed by atoms with Gasteiger partial charge in [-0.15, -0.1) is 0 Å². The van der Waals surface area contributed by atoms with Crippen molar-refractivity contribution in [3.63, 3.8) is 0 Å². The maximum Gasteiger partial charge on any atom is 0.0689 e. The van der Waals surface area contributed by atoms with Gasteiger partial charge in [-0.2, -0.15) is 5.26 Å². The van der Waals surface area contributed by atoms with Gasteiger partial charge in [0.05, 0.1) is 11.5 Å². The van der Waals surface area contributed by atoms with E-state index in [2.05, 4.69) is 19.9 Å². The first-order chi connectivity index (χ1) is 9.26. The van der Waals surface area contributed by atoms with Gasteiger partial charge in [0.15, 0.2) is 0 Å². The molecule has 1 fully saturated rings. The second-order valence-electron chi connectivity index (χ2n) is 6.64. The lowest BCUT2D eigenvalue weighted by Gasteiger charge is -2.35. The van der Waals surface area contributed by atoms with E-state index in [1.165, 1.54) is 77.0 Å². The minimum atomic E-state index is 0.0506. The monoisotopic (exact) mass is 263 g/mol. The second kappa shape index (κ2) is 9.40. The summed E-state index contributed by atoms with van der Waals surface area (Å²) < 4.78 is 0. The Morgan fingerprint density at radius 2 is 1.58 bits per heavy atom. The Bertz CT molecular complexity index is 255. The zero-order valence-corrected chi connectivity index (χ0v) is 13.2. The summed E-state index contributed by atoms with van der Waals surface area (Å²) in [5.74, 6) is 0.913. The molecule has 19 heavy (non-hydrogen) atoms. The number of nitrogens with zero attached hydrogens (tertiary/aromatic N) is 1. The fourth-order valence-electron chi connectivity index (χ4n) is 3.59. The molecule has 0 saturated heterocycles. The Labute approximate surface area is 120 Å². The van der Waals surface area contributed by atoms with E-state index in [-0.39, 0.29) is 5.41 Å². The van der Waals surface area contributed by atoms with Crippen LogP contribution in [0.3, 0.4) is 0 Å². The van der Waals surface area contributed by atoms with Crippen LogP contribution >= 0.6 is 0 Å². The van der Waals surface area contributed by atoms with Crippen molar-refractivity contribution in [2.24, 2.45) is 11.3 Å². The van der Waals surface area contributed by atoms with Crippen molar-refractivity contribution < 1.29 is 0 Å². The first-order valence-corrected chi connectivity index (χ1v) is 8.67. The minimum absolute atomic E-state index is 0.0506. The van der Waals surface area contributed by atoms with Crippen LogP contribution in [0.15, 0.2) is 0 Å². The van der Waals surface area contributed by atoms with Gasteiger partial charge >= 0.3 is 0 Å². The van der Waals surface area contributed by atoms with Crippen molar-refractivity contribution >= 4 is 0 Å². The molecule has 0 aromatic heterocycles. The molecule has 1 rings (SSSR count). The lowest BCUT2D eigenvalue weighted by molar-refractivity contribution is 0.185. The average Bonchev–Trinajstić information content (AvgIpc) is 2.45. The first kappa shape index (κ1) is 16.5. The van der Waals surface area contributed by atoms with Crippen LogP contribution in [-0.4, -0.2) is 0 Å². The summed E-state index contributed by atoms with van der Waals surface area (Å²) in [6, 6.07) is 2.68. The van der Waals surface area contributed by atoms with Gasteiger partial charge in [0.2, 0.25) is 0 Å². The third kappa shape index (κ3) is 5.98. The number of hydrogen-bond donors (Lipinski definition) is 0. The highest BCUT2D eigenvalue weighted by Gasteiger charge is 2.34. The van der Waals surface area contributed by atoms with Gasteiger partial charge in [0, 0.05) is 0 Å². The quantitative estimate of drug-likeness (QED) is 0.452. The van der Waals surface area contributed by atoms with Crippen LogP contribution in [0.2, 0.25) is 0 Å². The van der Waals surface area contributed by atoms with Crippen LogP contribution in [0.5, 0.6) is 0 Å². The maximum absolute atomic E-state index is 9.55. The summed E-state index contributed by atoms with van der Waals surface area (Å²) in [4.78, 5) is 0. The summed E-state index contributed by atoms with van der Waals surface area (Å²) in [6.07, 6.45) is 16.8. The van der Waals surface area contributed by atoms with Crippen LogP contribution in [0.4, 0.5) is 0 Å². The number of unbranched alkanes of at least 4 members (excludes halogenated alkanes) is 5. The van der Waals surface area contributed by atoms with Crippen molar-refractivity contribution in [3.8, 4) is 6.07 Å². The minimum Gasteiger partial charge on any atom is -0.198 e.